The van der Waals surface area contributed by atoms with E-state index in [1.807, 2.05) is 44.2 Å². The largest absolute Gasteiger partial charge is 0.368 e. The fourth-order valence-electron chi connectivity index (χ4n) is 3.16. The Morgan fingerprint density at radius 1 is 1.21 bits per heavy atom. The molecule has 0 bridgehead atoms. The van der Waals surface area contributed by atoms with Crippen LogP contribution in [0.1, 0.15) is 30.6 Å². The van der Waals surface area contributed by atoms with Gasteiger partial charge in [0, 0.05) is 29.9 Å². The Kier molecular flexibility index (Phi) is 5.58. The van der Waals surface area contributed by atoms with E-state index < -0.39 is 11.0 Å². The summed E-state index contributed by atoms with van der Waals surface area (Å²) in [6.07, 6.45) is 0.528. The Morgan fingerprint density at radius 3 is 2.57 bits per heavy atom. The molecule has 1 aliphatic rings. The summed E-state index contributed by atoms with van der Waals surface area (Å²) >= 11 is 0. The Balaban J connectivity index is 1.79. The van der Waals surface area contributed by atoms with Gasteiger partial charge in [-0.3, -0.25) is 19.7 Å². The highest BCUT2D eigenvalue weighted by molar-refractivity contribution is 6.01. The van der Waals surface area contributed by atoms with Crippen LogP contribution in [0, 0.1) is 10.1 Å². The van der Waals surface area contributed by atoms with E-state index in [1.165, 1.54) is 18.2 Å². The van der Waals surface area contributed by atoms with Gasteiger partial charge in [0.15, 0.2) is 0 Å². The fourth-order valence-corrected chi connectivity index (χ4v) is 3.16. The molecule has 0 spiro atoms. The molecule has 28 heavy (non-hydrogen) atoms. The summed E-state index contributed by atoms with van der Waals surface area (Å²) in [5.41, 5.74) is 0.989. The first-order valence-corrected chi connectivity index (χ1v) is 9.09. The van der Waals surface area contributed by atoms with Crippen molar-refractivity contribution < 1.29 is 14.5 Å². The first kappa shape index (κ1) is 19.3. The number of hydrogen-bond donors (Lipinski definition) is 2. The highest BCUT2D eigenvalue weighted by Gasteiger charge is 2.33. The molecular weight excluding hydrogens is 360 g/mol. The van der Waals surface area contributed by atoms with E-state index in [9.17, 15) is 19.7 Å². The fraction of sp³-hybridized carbons (Fsp3) is 0.300. The molecule has 146 valence electrons. The third kappa shape index (κ3) is 4.11. The van der Waals surface area contributed by atoms with Crippen molar-refractivity contribution in [3.63, 3.8) is 0 Å². The Labute approximate surface area is 162 Å². The van der Waals surface area contributed by atoms with Crippen molar-refractivity contribution in [3.8, 4) is 0 Å². The predicted molar refractivity (Wildman–Crippen MR) is 107 cm³/mol. The van der Waals surface area contributed by atoms with Crippen LogP contribution in [0.2, 0.25) is 0 Å². The summed E-state index contributed by atoms with van der Waals surface area (Å²) in [4.78, 5) is 37.4. The molecule has 3 rings (SSSR count). The maximum atomic E-state index is 12.7. The number of amides is 2. The van der Waals surface area contributed by atoms with E-state index in [1.54, 1.807) is 4.90 Å². The lowest BCUT2D eigenvalue weighted by Gasteiger charge is -2.18. The van der Waals surface area contributed by atoms with Crippen molar-refractivity contribution >= 4 is 28.9 Å². The lowest BCUT2D eigenvalue weighted by Crippen LogP contribution is -2.33. The average molecular weight is 382 g/mol. The number of anilines is 2. The second-order valence-corrected chi connectivity index (χ2v) is 6.93. The number of benzene rings is 2. The first-order valence-electron chi connectivity index (χ1n) is 9.09. The van der Waals surface area contributed by atoms with Gasteiger partial charge in [0.05, 0.1) is 4.92 Å². The van der Waals surface area contributed by atoms with Crippen LogP contribution in [-0.2, 0) is 4.79 Å². The van der Waals surface area contributed by atoms with Gasteiger partial charge in [-0.25, -0.2) is 0 Å². The summed E-state index contributed by atoms with van der Waals surface area (Å²) in [5.74, 6) is -0.515. The van der Waals surface area contributed by atoms with Gasteiger partial charge in [-0.2, -0.15) is 0 Å². The van der Waals surface area contributed by atoms with Crippen molar-refractivity contribution in [2.24, 2.45) is 0 Å². The molecule has 0 aromatic heterocycles. The lowest BCUT2D eigenvalue weighted by atomic mass is 10.1. The molecule has 1 fully saturated rings. The van der Waals surface area contributed by atoms with Gasteiger partial charge in [0.2, 0.25) is 5.91 Å². The van der Waals surface area contributed by atoms with Crippen LogP contribution < -0.4 is 15.5 Å². The number of nitro benzene ring substituents is 1. The number of para-hydroxylation sites is 1. The number of nitrogens with zero attached hydrogens (tertiary/aromatic N) is 2. The number of hydrogen-bond acceptors (Lipinski definition) is 5. The van der Waals surface area contributed by atoms with Gasteiger partial charge in [-0.05, 0) is 44.5 Å². The molecule has 2 aromatic carbocycles. The Bertz CT molecular complexity index is 898. The van der Waals surface area contributed by atoms with Crippen LogP contribution in [0.15, 0.2) is 48.5 Å². The van der Waals surface area contributed by atoms with E-state index in [0.29, 0.717) is 13.0 Å². The smallest absolute Gasteiger partial charge is 0.293 e. The third-order valence-electron chi connectivity index (χ3n) is 4.48. The van der Waals surface area contributed by atoms with Crippen LogP contribution >= 0.6 is 0 Å². The molecule has 1 saturated heterocycles. The van der Waals surface area contributed by atoms with Gasteiger partial charge in [0.25, 0.3) is 11.6 Å². The molecule has 2 aromatic rings. The molecule has 2 amide bonds. The molecule has 2 N–H and O–H groups in total. The van der Waals surface area contributed by atoms with Crippen LogP contribution in [0.25, 0.3) is 0 Å². The Hall–Kier alpha value is -3.42. The molecule has 1 aliphatic heterocycles. The van der Waals surface area contributed by atoms with Crippen LogP contribution in [0.3, 0.4) is 0 Å². The van der Waals surface area contributed by atoms with Gasteiger partial charge in [-0.1, -0.05) is 18.2 Å². The highest BCUT2D eigenvalue weighted by atomic mass is 16.6. The zero-order chi connectivity index (χ0) is 20.3. The molecule has 1 unspecified atom stereocenters. The first-order chi connectivity index (χ1) is 13.4. The second kappa shape index (κ2) is 8.08. The van der Waals surface area contributed by atoms with E-state index in [4.69, 9.17) is 0 Å². The quantitative estimate of drug-likeness (QED) is 0.590. The number of carbonyl (C=O) groups is 2. The standard InChI is InChI=1S/C20H22N4O4/c1-13(2)21-19(25)14-8-9-16(18(12-14)24(27)28)22-17-10-11-23(20(17)26)15-6-4-3-5-7-15/h3-9,12-13,17,22H,10-11H2,1-2H3,(H,21,25). The van der Waals surface area contributed by atoms with Crippen LogP contribution in [-0.4, -0.2) is 35.4 Å². The van der Waals surface area contributed by atoms with Gasteiger partial charge in [0.1, 0.15) is 11.7 Å². The molecule has 1 atom stereocenters. The van der Waals surface area contributed by atoms with Gasteiger partial charge in [-0.15, -0.1) is 0 Å². The minimum absolute atomic E-state index is 0.0792. The van der Waals surface area contributed by atoms with E-state index in [-0.39, 0.29) is 34.8 Å². The topological polar surface area (TPSA) is 105 Å². The SMILES string of the molecule is CC(C)NC(=O)c1ccc(NC2CCN(c3ccccc3)C2=O)c([N+](=O)[O-])c1. The number of nitrogens with one attached hydrogen (secondary N) is 2. The molecule has 0 aliphatic carbocycles. The Morgan fingerprint density at radius 2 is 1.93 bits per heavy atom. The summed E-state index contributed by atoms with van der Waals surface area (Å²) in [5, 5.41) is 17.2. The maximum absolute atomic E-state index is 12.7. The average Bonchev–Trinajstić information content (AvgIpc) is 3.02. The van der Waals surface area contributed by atoms with Crippen molar-refractivity contribution in [3.05, 3.63) is 64.2 Å². The van der Waals surface area contributed by atoms with Crippen LogP contribution in [0.4, 0.5) is 17.1 Å². The van der Waals surface area contributed by atoms with Crippen molar-refractivity contribution in [2.45, 2.75) is 32.4 Å². The number of nitro groups is 1. The molecule has 8 heteroatoms. The van der Waals surface area contributed by atoms with Gasteiger partial charge >= 0.3 is 0 Å². The maximum Gasteiger partial charge on any atom is 0.293 e. The summed E-state index contributed by atoms with van der Waals surface area (Å²) in [6, 6.07) is 12.9. The third-order valence-corrected chi connectivity index (χ3v) is 4.48. The normalized spacial score (nSPS) is 16.3. The molecule has 0 saturated carbocycles. The minimum Gasteiger partial charge on any atom is -0.368 e. The van der Waals surface area contributed by atoms with Gasteiger partial charge < -0.3 is 15.5 Å². The molecule has 8 nitrogen and oxygen atoms in total. The van der Waals surface area contributed by atoms with Crippen LogP contribution in [0.5, 0.6) is 0 Å². The summed E-state index contributed by atoms with van der Waals surface area (Å²) < 4.78 is 0. The van der Waals surface area contributed by atoms with Crippen molar-refractivity contribution in [1.29, 1.82) is 0 Å². The predicted octanol–water partition coefficient (Wildman–Crippen LogP) is 2.95. The minimum atomic E-state index is -0.561. The molecule has 0 radical (unpaired) electrons. The summed E-state index contributed by atoms with van der Waals surface area (Å²) in [6.45, 7) is 4.15. The second-order valence-electron chi connectivity index (χ2n) is 6.93. The highest BCUT2D eigenvalue weighted by Crippen LogP contribution is 2.29. The molecule has 1 heterocycles. The molecular formula is C20H22N4O4. The van der Waals surface area contributed by atoms with E-state index in [0.717, 1.165) is 5.69 Å². The zero-order valence-corrected chi connectivity index (χ0v) is 15.7. The van der Waals surface area contributed by atoms with E-state index >= 15 is 0 Å². The van der Waals surface area contributed by atoms with Crippen molar-refractivity contribution in [1.82, 2.24) is 5.32 Å². The van der Waals surface area contributed by atoms with E-state index in [2.05, 4.69) is 10.6 Å². The summed E-state index contributed by atoms with van der Waals surface area (Å²) in [7, 11) is 0. The van der Waals surface area contributed by atoms with Crippen molar-refractivity contribution in [2.75, 3.05) is 16.8 Å². The zero-order valence-electron chi connectivity index (χ0n) is 15.7. The monoisotopic (exact) mass is 382 g/mol. The number of carbonyl (C=O) groups excluding carboxylic acids is 2. The number of rotatable bonds is 6. The lowest BCUT2D eigenvalue weighted by molar-refractivity contribution is -0.384.